The summed E-state index contributed by atoms with van der Waals surface area (Å²) in [7, 11) is -3.01. The van der Waals surface area contributed by atoms with E-state index < -0.39 is 46.0 Å². The Morgan fingerprint density at radius 2 is 2.05 bits per heavy atom. The second-order valence-corrected chi connectivity index (χ2v) is 6.53. The van der Waals surface area contributed by atoms with Crippen molar-refractivity contribution < 1.29 is 36.2 Å². The fourth-order valence-electron chi connectivity index (χ4n) is 2.14. The summed E-state index contributed by atoms with van der Waals surface area (Å²) in [4.78, 5) is 11.4. The normalized spacial score (nSPS) is 25.4. The number of aliphatic hydroxyl groups excluding tert-OH is 1. The Hall–Kier alpha value is -0.870. The minimum Gasteiger partial charge on any atom is -0.469 e. The smallest absolute Gasteiger partial charge is 0.415 e. The van der Waals surface area contributed by atoms with E-state index in [0.29, 0.717) is 12.8 Å². The van der Waals surface area contributed by atoms with Gasteiger partial charge >= 0.3 is 12.1 Å². The van der Waals surface area contributed by atoms with Crippen molar-refractivity contribution in [3.8, 4) is 0 Å². The molecule has 0 aromatic carbocycles. The molecular formula is C10H16F3NO5S. The number of alkyl halides is 3. The molecule has 1 saturated carbocycles. The van der Waals surface area contributed by atoms with Crippen LogP contribution in [0.4, 0.5) is 13.2 Å². The molecule has 0 aromatic rings. The van der Waals surface area contributed by atoms with Gasteiger partial charge in [0.2, 0.25) is 10.0 Å². The summed E-state index contributed by atoms with van der Waals surface area (Å²) in [6, 6.07) is 0. The van der Waals surface area contributed by atoms with Crippen LogP contribution in [0.1, 0.15) is 19.3 Å². The molecule has 1 fully saturated rings. The van der Waals surface area contributed by atoms with Gasteiger partial charge in [0.05, 0.1) is 18.3 Å². The van der Waals surface area contributed by atoms with Gasteiger partial charge in [-0.05, 0) is 12.8 Å². The summed E-state index contributed by atoms with van der Waals surface area (Å²) >= 11 is 0. The van der Waals surface area contributed by atoms with Crippen LogP contribution < -0.4 is 4.72 Å². The number of carbonyl (C=O) groups is 1. The average Bonchev–Trinajstić information content (AvgIpc) is 2.83. The van der Waals surface area contributed by atoms with Gasteiger partial charge in [0, 0.05) is 6.54 Å². The Labute approximate surface area is 114 Å². The van der Waals surface area contributed by atoms with Crippen molar-refractivity contribution in [2.24, 2.45) is 5.92 Å². The van der Waals surface area contributed by atoms with E-state index in [-0.39, 0.29) is 6.42 Å². The summed E-state index contributed by atoms with van der Waals surface area (Å²) in [6.07, 6.45) is -6.75. The molecule has 0 radical (unpaired) electrons. The number of hydrogen-bond donors (Lipinski definition) is 2. The Morgan fingerprint density at radius 3 is 2.55 bits per heavy atom. The van der Waals surface area contributed by atoms with Gasteiger partial charge in [0.25, 0.3) is 0 Å². The van der Waals surface area contributed by atoms with Gasteiger partial charge in [-0.2, -0.15) is 13.2 Å². The van der Waals surface area contributed by atoms with Crippen molar-refractivity contribution in [2.45, 2.75) is 36.8 Å². The predicted molar refractivity (Wildman–Crippen MR) is 62.1 cm³/mol. The molecule has 20 heavy (non-hydrogen) atoms. The molecule has 10 heteroatoms. The van der Waals surface area contributed by atoms with Crippen LogP contribution in [0.15, 0.2) is 0 Å². The zero-order valence-corrected chi connectivity index (χ0v) is 11.5. The Balaban J connectivity index is 2.71. The second kappa shape index (κ2) is 6.27. The van der Waals surface area contributed by atoms with Crippen LogP contribution in [0.5, 0.6) is 0 Å². The minimum absolute atomic E-state index is 0.164. The van der Waals surface area contributed by atoms with E-state index in [2.05, 4.69) is 4.74 Å². The van der Waals surface area contributed by atoms with Gasteiger partial charge in [-0.3, -0.25) is 4.79 Å². The standard InChI is InChI=1S/C10H16F3NO5S/c1-19-9(16)6-3-2-4-7(6)20(17,18)14-5-8(15)10(11,12)13/h6-8,14-15H,2-5H2,1H3. The van der Waals surface area contributed by atoms with E-state index in [0.717, 1.165) is 7.11 Å². The molecule has 0 aromatic heterocycles. The highest BCUT2D eigenvalue weighted by Gasteiger charge is 2.44. The van der Waals surface area contributed by atoms with E-state index in [9.17, 15) is 26.4 Å². The van der Waals surface area contributed by atoms with Crippen LogP contribution >= 0.6 is 0 Å². The molecule has 0 saturated heterocycles. The SMILES string of the molecule is COC(=O)C1CCCC1S(=O)(=O)NCC(O)C(F)(F)F. The van der Waals surface area contributed by atoms with Crippen LogP contribution in [-0.2, 0) is 19.6 Å². The number of esters is 1. The van der Waals surface area contributed by atoms with Crippen molar-refractivity contribution in [3.63, 3.8) is 0 Å². The third-order valence-electron chi connectivity index (χ3n) is 3.21. The molecule has 0 spiro atoms. The van der Waals surface area contributed by atoms with Crippen molar-refractivity contribution in [3.05, 3.63) is 0 Å². The summed E-state index contributed by atoms with van der Waals surface area (Å²) in [5, 5.41) is 7.64. The molecule has 1 aliphatic rings. The maximum Gasteiger partial charge on any atom is 0.415 e. The number of carbonyl (C=O) groups excluding carboxylic acids is 1. The number of hydrogen-bond acceptors (Lipinski definition) is 5. The molecule has 2 N–H and O–H groups in total. The zero-order valence-electron chi connectivity index (χ0n) is 10.7. The quantitative estimate of drug-likeness (QED) is 0.705. The van der Waals surface area contributed by atoms with Gasteiger partial charge in [0.1, 0.15) is 0 Å². The number of halogens is 3. The molecule has 118 valence electrons. The first kappa shape index (κ1) is 17.2. The largest absolute Gasteiger partial charge is 0.469 e. The lowest BCUT2D eigenvalue weighted by Crippen LogP contribution is -2.45. The van der Waals surface area contributed by atoms with Crippen molar-refractivity contribution in [1.82, 2.24) is 4.72 Å². The van der Waals surface area contributed by atoms with E-state index in [1.54, 1.807) is 4.72 Å². The summed E-state index contributed by atoms with van der Waals surface area (Å²) in [5.74, 6) is -1.59. The van der Waals surface area contributed by atoms with Gasteiger partial charge in [-0.15, -0.1) is 0 Å². The number of sulfonamides is 1. The average molecular weight is 319 g/mol. The summed E-state index contributed by atoms with van der Waals surface area (Å²) in [5.41, 5.74) is 0. The lowest BCUT2D eigenvalue weighted by atomic mass is 10.1. The summed E-state index contributed by atoms with van der Waals surface area (Å²) < 4.78 is 66.3. The molecule has 0 aliphatic heterocycles. The number of rotatable bonds is 5. The monoisotopic (exact) mass is 319 g/mol. The molecule has 3 atom stereocenters. The van der Waals surface area contributed by atoms with Gasteiger partial charge in [-0.1, -0.05) is 6.42 Å². The first-order valence-electron chi connectivity index (χ1n) is 5.90. The highest BCUT2D eigenvalue weighted by atomic mass is 32.2. The second-order valence-electron chi connectivity index (χ2n) is 4.55. The zero-order chi connectivity index (χ0) is 15.6. The number of methoxy groups -OCH3 is 1. The van der Waals surface area contributed by atoms with E-state index in [4.69, 9.17) is 5.11 Å². The van der Waals surface area contributed by atoms with Gasteiger partial charge in [-0.25, -0.2) is 13.1 Å². The lowest BCUT2D eigenvalue weighted by molar-refractivity contribution is -0.200. The van der Waals surface area contributed by atoms with E-state index in [1.807, 2.05) is 0 Å². The Morgan fingerprint density at radius 1 is 1.45 bits per heavy atom. The molecule has 3 unspecified atom stereocenters. The third-order valence-corrected chi connectivity index (χ3v) is 5.14. The third kappa shape index (κ3) is 4.06. The molecule has 1 rings (SSSR count). The number of ether oxygens (including phenoxy) is 1. The summed E-state index contributed by atoms with van der Waals surface area (Å²) in [6.45, 7) is -1.17. The first-order valence-corrected chi connectivity index (χ1v) is 7.45. The Kier molecular flexibility index (Phi) is 5.39. The van der Waals surface area contributed by atoms with Crippen LogP contribution in [0, 0.1) is 5.92 Å². The maximum absolute atomic E-state index is 12.1. The minimum atomic E-state index is -4.90. The molecule has 0 heterocycles. The molecule has 6 nitrogen and oxygen atoms in total. The first-order chi connectivity index (χ1) is 9.09. The predicted octanol–water partition coefficient (Wildman–Crippen LogP) is 0.171. The van der Waals surface area contributed by atoms with Crippen molar-refractivity contribution in [2.75, 3.05) is 13.7 Å². The molecular weight excluding hydrogens is 303 g/mol. The van der Waals surface area contributed by atoms with Crippen molar-refractivity contribution in [1.29, 1.82) is 0 Å². The molecule has 0 amide bonds. The fourth-order valence-corrected chi connectivity index (χ4v) is 3.90. The molecule has 0 bridgehead atoms. The maximum atomic E-state index is 12.1. The van der Waals surface area contributed by atoms with Crippen LogP contribution in [0.25, 0.3) is 0 Å². The van der Waals surface area contributed by atoms with Gasteiger partial charge < -0.3 is 9.84 Å². The Bertz CT molecular complexity index is 450. The van der Waals surface area contributed by atoms with Crippen LogP contribution in [0.2, 0.25) is 0 Å². The lowest BCUT2D eigenvalue weighted by Gasteiger charge is -2.20. The van der Waals surface area contributed by atoms with E-state index >= 15 is 0 Å². The van der Waals surface area contributed by atoms with Crippen LogP contribution in [0.3, 0.4) is 0 Å². The van der Waals surface area contributed by atoms with Crippen molar-refractivity contribution >= 4 is 16.0 Å². The highest BCUT2D eigenvalue weighted by molar-refractivity contribution is 7.90. The fraction of sp³-hybridized carbons (Fsp3) is 0.900. The van der Waals surface area contributed by atoms with Crippen LogP contribution in [-0.4, -0.2) is 50.7 Å². The number of aliphatic hydroxyl groups is 1. The molecule has 1 aliphatic carbocycles. The van der Waals surface area contributed by atoms with E-state index in [1.165, 1.54) is 0 Å². The van der Waals surface area contributed by atoms with Gasteiger partial charge in [0.15, 0.2) is 6.10 Å². The topological polar surface area (TPSA) is 92.7 Å². The number of nitrogens with one attached hydrogen (secondary N) is 1. The highest BCUT2D eigenvalue weighted by Crippen LogP contribution is 2.31.